The van der Waals surface area contributed by atoms with Gasteiger partial charge in [0.25, 0.3) is 0 Å². The third kappa shape index (κ3) is 3.39. The van der Waals surface area contributed by atoms with Crippen molar-refractivity contribution in [3.05, 3.63) is 46.8 Å². The molecule has 0 spiro atoms. The first-order valence-electron chi connectivity index (χ1n) is 8.09. The van der Waals surface area contributed by atoms with Crippen LogP contribution in [0.15, 0.2) is 34.9 Å². The number of amides is 1. The number of nitrogens with two attached hydrogens (primary N) is 1. The van der Waals surface area contributed by atoms with Gasteiger partial charge in [-0.3, -0.25) is 4.79 Å². The number of thiazole rings is 1. The highest BCUT2D eigenvalue weighted by Crippen LogP contribution is 2.26. The second-order valence-corrected chi connectivity index (χ2v) is 6.98. The quantitative estimate of drug-likeness (QED) is 0.771. The minimum atomic E-state index is 0.0806. The third-order valence-electron chi connectivity index (χ3n) is 4.15. The van der Waals surface area contributed by atoms with E-state index in [2.05, 4.69) is 15.1 Å². The standard InChI is InChI=1S/C17H17N5O2S/c18-17-19-12-8-9-22(10-13(12)25-17)15(23)7-6-14-20-16(21-24-14)11-4-2-1-3-5-11/h1-5H,6-10H2,(H2,18,19). The monoisotopic (exact) mass is 355 g/mol. The molecule has 0 aliphatic carbocycles. The van der Waals surface area contributed by atoms with Gasteiger partial charge >= 0.3 is 0 Å². The molecule has 1 aliphatic heterocycles. The van der Waals surface area contributed by atoms with Crippen molar-refractivity contribution in [3.63, 3.8) is 0 Å². The second kappa shape index (κ2) is 6.64. The van der Waals surface area contributed by atoms with Crippen LogP contribution in [0.3, 0.4) is 0 Å². The smallest absolute Gasteiger partial charge is 0.227 e. The summed E-state index contributed by atoms with van der Waals surface area (Å²) in [7, 11) is 0. The summed E-state index contributed by atoms with van der Waals surface area (Å²) in [4.78, 5) is 24.0. The first kappa shape index (κ1) is 15.8. The molecule has 0 fully saturated rings. The van der Waals surface area contributed by atoms with Crippen molar-refractivity contribution < 1.29 is 9.32 Å². The Balaban J connectivity index is 1.36. The van der Waals surface area contributed by atoms with E-state index in [1.54, 1.807) is 0 Å². The van der Waals surface area contributed by atoms with Gasteiger partial charge in [0, 0.05) is 36.2 Å². The molecule has 1 amide bonds. The maximum Gasteiger partial charge on any atom is 0.227 e. The summed E-state index contributed by atoms with van der Waals surface area (Å²) in [5, 5.41) is 4.55. The lowest BCUT2D eigenvalue weighted by Gasteiger charge is -2.25. The SMILES string of the molecule is Nc1nc2c(s1)CN(C(=O)CCc1nc(-c3ccccc3)no1)CC2. The van der Waals surface area contributed by atoms with Gasteiger partial charge in [-0.15, -0.1) is 11.3 Å². The Hall–Kier alpha value is -2.74. The number of carbonyl (C=O) groups excluding carboxylic acids is 1. The molecule has 2 N–H and O–H groups in total. The fourth-order valence-corrected chi connectivity index (χ4v) is 3.76. The molecule has 0 unspecified atom stereocenters. The van der Waals surface area contributed by atoms with Crippen LogP contribution in [0.2, 0.25) is 0 Å². The van der Waals surface area contributed by atoms with Crippen LogP contribution in [0.1, 0.15) is 22.9 Å². The zero-order chi connectivity index (χ0) is 17.2. The van der Waals surface area contributed by atoms with E-state index in [4.69, 9.17) is 10.3 Å². The Bertz CT molecular complexity index is 890. The molecule has 0 radical (unpaired) electrons. The van der Waals surface area contributed by atoms with Crippen LogP contribution in [-0.2, 0) is 24.2 Å². The van der Waals surface area contributed by atoms with Gasteiger partial charge in [-0.2, -0.15) is 4.98 Å². The fraction of sp³-hybridized carbons (Fsp3) is 0.294. The summed E-state index contributed by atoms with van der Waals surface area (Å²) in [5.41, 5.74) is 7.66. The molecule has 128 valence electrons. The summed E-state index contributed by atoms with van der Waals surface area (Å²) in [6, 6.07) is 9.62. The van der Waals surface area contributed by atoms with Crippen LogP contribution in [0, 0.1) is 0 Å². The Labute approximate surface area is 148 Å². The molecule has 2 aromatic heterocycles. The van der Waals surface area contributed by atoms with Gasteiger partial charge in [0.05, 0.1) is 12.2 Å². The number of rotatable bonds is 4. The molecule has 1 aliphatic rings. The number of fused-ring (bicyclic) bond motifs is 1. The molecule has 0 bridgehead atoms. The molecular weight excluding hydrogens is 338 g/mol. The van der Waals surface area contributed by atoms with E-state index in [0.29, 0.717) is 42.8 Å². The van der Waals surface area contributed by atoms with Crippen molar-refractivity contribution >= 4 is 22.4 Å². The Kier molecular flexibility index (Phi) is 4.19. The minimum Gasteiger partial charge on any atom is -0.375 e. The molecule has 3 heterocycles. The molecule has 0 atom stereocenters. The van der Waals surface area contributed by atoms with Gasteiger partial charge in [0.15, 0.2) is 5.13 Å². The number of nitrogen functional groups attached to an aromatic ring is 1. The lowest BCUT2D eigenvalue weighted by Crippen LogP contribution is -2.35. The number of hydrogen-bond acceptors (Lipinski definition) is 7. The van der Waals surface area contributed by atoms with Crippen molar-refractivity contribution in [2.45, 2.75) is 25.8 Å². The second-order valence-electron chi connectivity index (χ2n) is 5.87. The van der Waals surface area contributed by atoms with Crippen LogP contribution in [0.4, 0.5) is 5.13 Å². The van der Waals surface area contributed by atoms with E-state index in [1.807, 2.05) is 35.2 Å². The summed E-state index contributed by atoms with van der Waals surface area (Å²) >= 11 is 1.46. The summed E-state index contributed by atoms with van der Waals surface area (Å²) in [6.45, 7) is 1.26. The normalized spacial score (nSPS) is 13.7. The summed E-state index contributed by atoms with van der Waals surface area (Å²) < 4.78 is 5.26. The maximum atomic E-state index is 12.5. The van der Waals surface area contributed by atoms with Crippen LogP contribution < -0.4 is 5.73 Å². The van der Waals surface area contributed by atoms with Crippen LogP contribution >= 0.6 is 11.3 Å². The van der Waals surface area contributed by atoms with Crippen molar-refractivity contribution in [3.8, 4) is 11.4 Å². The average Bonchev–Trinajstić information content (AvgIpc) is 3.25. The highest BCUT2D eigenvalue weighted by molar-refractivity contribution is 7.15. The first-order valence-corrected chi connectivity index (χ1v) is 8.90. The van der Waals surface area contributed by atoms with Gasteiger partial charge in [-0.05, 0) is 0 Å². The number of benzene rings is 1. The van der Waals surface area contributed by atoms with E-state index in [1.165, 1.54) is 11.3 Å². The molecule has 0 saturated heterocycles. The maximum absolute atomic E-state index is 12.5. The highest BCUT2D eigenvalue weighted by atomic mass is 32.1. The van der Waals surface area contributed by atoms with E-state index >= 15 is 0 Å². The molecule has 7 nitrogen and oxygen atoms in total. The summed E-state index contributed by atoms with van der Waals surface area (Å²) in [6.07, 6.45) is 1.54. The van der Waals surface area contributed by atoms with Gasteiger partial charge in [0.2, 0.25) is 17.6 Å². The van der Waals surface area contributed by atoms with Crippen molar-refractivity contribution in [1.82, 2.24) is 20.0 Å². The first-order chi connectivity index (χ1) is 12.2. The van der Waals surface area contributed by atoms with E-state index in [-0.39, 0.29) is 5.91 Å². The number of aromatic nitrogens is 3. The Morgan fingerprint density at radius 2 is 2.12 bits per heavy atom. The number of hydrogen-bond donors (Lipinski definition) is 1. The molecule has 25 heavy (non-hydrogen) atoms. The van der Waals surface area contributed by atoms with Gasteiger partial charge < -0.3 is 15.2 Å². The fourth-order valence-electron chi connectivity index (χ4n) is 2.86. The van der Waals surface area contributed by atoms with Gasteiger partial charge in [-0.1, -0.05) is 35.5 Å². The summed E-state index contributed by atoms with van der Waals surface area (Å²) in [5.74, 6) is 1.11. The predicted molar refractivity (Wildman–Crippen MR) is 93.7 cm³/mol. The molecule has 8 heteroatoms. The molecular formula is C17H17N5O2S. The zero-order valence-electron chi connectivity index (χ0n) is 13.5. The Morgan fingerprint density at radius 1 is 1.28 bits per heavy atom. The number of anilines is 1. The van der Waals surface area contributed by atoms with E-state index in [9.17, 15) is 4.79 Å². The minimum absolute atomic E-state index is 0.0806. The van der Waals surface area contributed by atoms with E-state index in [0.717, 1.165) is 22.6 Å². The third-order valence-corrected chi connectivity index (χ3v) is 5.06. The lowest BCUT2D eigenvalue weighted by molar-refractivity contribution is -0.132. The largest absolute Gasteiger partial charge is 0.375 e. The number of carbonyl (C=O) groups is 1. The Morgan fingerprint density at radius 3 is 2.96 bits per heavy atom. The zero-order valence-corrected chi connectivity index (χ0v) is 14.3. The predicted octanol–water partition coefficient (Wildman–Crippen LogP) is 2.29. The molecule has 4 rings (SSSR count). The van der Waals surface area contributed by atoms with Crippen molar-refractivity contribution in [2.24, 2.45) is 0 Å². The lowest BCUT2D eigenvalue weighted by atomic mass is 10.1. The van der Waals surface area contributed by atoms with Gasteiger partial charge in [0.1, 0.15) is 0 Å². The molecule has 0 saturated carbocycles. The van der Waals surface area contributed by atoms with Gasteiger partial charge in [-0.25, -0.2) is 4.98 Å². The van der Waals surface area contributed by atoms with Crippen LogP contribution in [-0.4, -0.2) is 32.5 Å². The molecule has 1 aromatic carbocycles. The van der Waals surface area contributed by atoms with Crippen molar-refractivity contribution in [1.29, 1.82) is 0 Å². The topological polar surface area (TPSA) is 98.1 Å². The van der Waals surface area contributed by atoms with Crippen LogP contribution in [0.5, 0.6) is 0 Å². The average molecular weight is 355 g/mol. The number of aryl methyl sites for hydroxylation is 1. The van der Waals surface area contributed by atoms with Crippen LogP contribution in [0.25, 0.3) is 11.4 Å². The highest BCUT2D eigenvalue weighted by Gasteiger charge is 2.24. The number of nitrogens with zero attached hydrogens (tertiary/aromatic N) is 4. The molecule has 3 aromatic rings. The van der Waals surface area contributed by atoms with E-state index < -0.39 is 0 Å². The van der Waals surface area contributed by atoms with Crippen molar-refractivity contribution in [2.75, 3.05) is 12.3 Å².